The molecule has 0 unspecified atom stereocenters. The van der Waals surface area contributed by atoms with E-state index in [1.807, 2.05) is 13.8 Å². The van der Waals surface area contributed by atoms with Gasteiger partial charge in [-0.15, -0.1) is 0 Å². The Kier molecular flexibility index (Phi) is 4.73. The van der Waals surface area contributed by atoms with Gasteiger partial charge < -0.3 is 5.11 Å². The maximum Gasteiger partial charge on any atom is 0.282 e. The second-order valence-corrected chi connectivity index (χ2v) is 6.48. The van der Waals surface area contributed by atoms with Crippen molar-refractivity contribution in [3.8, 4) is 0 Å². The number of rotatable bonds is 6. The summed E-state index contributed by atoms with van der Waals surface area (Å²) in [5.41, 5.74) is 0. The second kappa shape index (κ2) is 5.44. The lowest BCUT2D eigenvalue weighted by Gasteiger charge is -2.39. The van der Waals surface area contributed by atoms with Crippen molar-refractivity contribution >= 4 is 10.2 Å². The molecule has 1 N–H and O–H groups in total. The van der Waals surface area contributed by atoms with Gasteiger partial charge in [0.15, 0.2) is 0 Å². The normalized spacial score (nSPS) is 18.4. The summed E-state index contributed by atoms with van der Waals surface area (Å²) in [7, 11) is -1.83. The number of aliphatic hydroxyl groups excluding tert-OH is 1. The monoisotopic (exact) mass is 250 g/mol. The fourth-order valence-electron chi connectivity index (χ4n) is 1.69. The molecule has 0 radical (unpaired) electrons. The highest BCUT2D eigenvalue weighted by atomic mass is 32.2. The summed E-state index contributed by atoms with van der Waals surface area (Å²) < 4.78 is 27.3. The molecular weight excluding hydrogens is 228 g/mol. The van der Waals surface area contributed by atoms with Crippen LogP contribution >= 0.6 is 0 Å². The van der Waals surface area contributed by atoms with Gasteiger partial charge in [-0.1, -0.05) is 6.42 Å². The van der Waals surface area contributed by atoms with E-state index in [1.54, 1.807) is 7.05 Å². The van der Waals surface area contributed by atoms with Gasteiger partial charge in [0.05, 0.1) is 6.61 Å². The van der Waals surface area contributed by atoms with Gasteiger partial charge in [-0.05, 0) is 26.7 Å². The van der Waals surface area contributed by atoms with Crippen molar-refractivity contribution in [3.63, 3.8) is 0 Å². The highest BCUT2D eigenvalue weighted by Gasteiger charge is 2.36. The average Bonchev–Trinajstić information content (AvgIpc) is 2.13. The van der Waals surface area contributed by atoms with E-state index >= 15 is 0 Å². The van der Waals surface area contributed by atoms with Crippen molar-refractivity contribution in [2.45, 2.75) is 45.2 Å². The summed E-state index contributed by atoms with van der Waals surface area (Å²) in [4.78, 5) is 0. The van der Waals surface area contributed by atoms with Crippen molar-refractivity contribution in [2.75, 3.05) is 20.2 Å². The highest BCUT2D eigenvalue weighted by Crippen LogP contribution is 2.28. The predicted octanol–water partition coefficient (Wildman–Crippen LogP) is 0.418. The number of nitrogens with zero attached hydrogens (tertiary/aromatic N) is 2. The Labute approximate surface area is 98.2 Å². The van der Waals surface area contributed by atoms with Gasteiger partial charge in [-0.2, -0.15) is 17.0 Å². The largest absolute Gasteiger partial charge is 0.395 e. The molecule has 0 atom stereocenters. The quantitative estimate of drug-likeness (QED) is 0.743. The first-order valence-electron chi connectivity index (χ1n) is 5.77. The molecule has 6 heteroatoms. The van der Waals surface area contributed by atoms with Crippen LogP contribution in [0, 0.1) is 0 Å². The van der Waals surface area contributed by atoms with Crippen molar-refractivity contribution in [2.24, 2.45) is 0 Å². The van der Waals surface area contributed by atoms with Gasteiger partial charge in [-0.3, -0.25) is 0 Å². The molecule has 96 valence electrons. The predicted molar refractivity (Wildman–Crippen MR) is 63.2 cm³/mol. The highest BCUT2D eigenvalue weighted by molar-refractivity contribution is 7.86. The third kappa shape index (κ3) is 2.74. The van der Waals surface area contributed by atoms with Crippen molar-refractivity contribution in [1.29, 1.82) is 0 Å². The zero-order valence-corrected chi connectivity index (χ0v) is 11.1. The maximum atomic E-state index is 12.2. The molecule has 1 aliphatic carbocycles. The summed E-state index contributed by atoms with van der Waals surface area (Å²) in [5.74, 6) is 0. The topological polar surface area (TPSA) is 60.9 Å². The lowest BCUT2D eigenvalue weighted by molar-refractivity contribution is 0.167. The molecule has 5 nitrogen and oxygen atoms in total. The number of hydrogen-bond donors (Lipinski definition) is 1. The Bertz CT molecular complexity index is 312. The molecule has 0 aliphatic heterocycles. The summed E-state index contributed by atoms with van der Waals surface area (Å²) in [6, 6.07) is 0.0182. The molecule has 1 saturated carbocycles. The molecule has 1 fully saturated rings. The van der Waals surface area contributed by atoms with E-state index in [4.69, 9.17) is 5.11 Å². The minimum Gasteiger partial charge on any atom is -0.395 e. The van der Waals surface area contributed by atoms with Crippen LogP contribution in [0.3, 0.4) is 0 Å². The van der Waals surface area contributed by atoms with Crippen molar-refractivity contribution in [1.82, 2.24) is 8.61 Å². The van der Waals surface area contributed by atoms with Crippen LogP contribution in [0.5, 0.6) is 0 Å². The van der Waals surface area contributed by atoms with E-state index in [0.29, 0.717) is 0 Å². The summed E-state index contributed by atoms with van der Waals surface area (Å²) in [6.45, 7) is 3.76. The van der Waals surface area contributed by atoms with E-state index in [-0.39, 0.29) is 25.2 Å². The van der Waals surface area contributed by atoms with Gasteiger partial charge in [0.2, 0.25) is 0 Å². The number of aliphatic hydroxyl groups is 1. The van der Waals surface area contributed by atoms with Crippen LogP contribution in [-0.2, 0) is 10.2 Å². The molecule has 0 spiro atoms. The van der Waals surface area contributed by atoms with E-state index in [1.165, 1.54) is 8.61 Å². The van der Waals surface area contributed by atoms with Crippen LogP contribution in [0.4, 0.5) is 0 Å². The SMILES string of the molecule is CC(C)N(C)S(=O)(=O)N(CCO)C1CCC1. The van der Waals surface area contributed by atoms with E-state index in [2.05, 4.69) is 0 Å². The van der Waals surface area contributed by atoms with Crippen molar-refractivity contribution in [3.05, 3.63) is 0 Å². The molecule has 0 aromatic carbocycles. The van der Waals surface area contributed by atoms with Gasteiger partial charge in [0, 0.05) is 25.7 Å². The Balaban J connectivity index is 2.83. The van der Waals surface area contributed by atoms with Gasteiger partial charge in [-0.25, -0.2) is 0 Å². The smallest absolute Gasteiger partial charge is 0.282 e. The molecule has 1 aliphatic rings. The maximum absolute atomic E-state index is 12.2. The van der Waals surface area contributed by atoms with Crippen molar-refractivity contribution < 1.29 is 13.5 Å². The Hall–Kier alpha value is -0.170. The van der Waals surface area contributed by atoms with Crippen LogP contribution < -0.4 is 0 Å². The summed E-state index contributed by atoms with van der Waals surface area (Å²) >= 11 is 0. The third-order valence-electron chi connectivity index (χ3n) is 3.19. The van der Waals surface area contributed by atoms with Gasteiger partial charge in [0.1, 0.15) is 0 Å². The lowest BCUT2D eigenvalue weighted by Crippen LogP contribution is -2.52. The second-order valence-electron chi connectivity index (χ2n) is 4.54. The molecule has 0 saturated heterocycles. The minimum atomic E-state index is -3.42. The first-order chi connectivity index (χ1) is 7.41. The Morgan fingerprint density at radius 3 is 2.25 bits per heavy atom. The molecule has 0 aromatic heterocycles. The minimum absolute atomic E-state index is 0.0636. The Morgan fingerprint density at radius 1 is 1.38 bits per heavy atom. The lowest BCUT2D eigenvalue weighted by atomic mass is 9.93. The first-order valence-corrected chi connectivity index (χ1v) is 7.16. The molecule has 0 aromatic rings. The zero-order valence-electron chi connectivity index (χ0n) is 10.3. The molecule has 1 rings (SSSR count). The third-order valence-corrected chi connectivity index (χ3v) is 5.41. The van der Waals surface area contributed by atoms with E-state index < -0.39 is 10.2 Å². The molecule has 0 heterocycles. The van der Waals surface area contributed by atoms with Gasteiger partial charge >= 0.3 is 0 Å². The zero-order chi connectivity index (χ0) is 12.3. The van der Waals surface area contributed by atoms with Crippen LogP contribution in [0.15, 0.2) is 0 Å². The molecule has 0 bridgehead atoms. The molecular formula is C10H22N2O3S. The van der Waals surface area contributed by atoms with Crippen LogP contribution in [0.25, 0.3) is 0 Å². The molecule has 16 heavy (non-hydrogen) atoms. The van der Waals surface area contributed by atoms with E-state index in [0.717, 1.165) is 19.3 Å². The summed E-state index contributed by atoms with van der Waals surface area (Å²) in [6.07, 6.45) is 2.89. The Morgan fingerprint density at radius 2 is 1.94 bits per heavy atom. The summed E-state index contributed by atoms with van der Waals surface area (Å²) in [5, 5.41) is 8.96. The molecule has 0 amide bonds. The first kappa shape index (κ1) is 13.9. The number of hydrogen-bond acceptors (Lipinski definition) is 3. The van der Waals surface area contributed by atoms with Crippen LogP contribution in [0.1, 0.15) is 33.1 Å². The van der Waals surface area contributed by atoms with E-state index in [9.17, 15) is 8.42 Å². The van der Waals surface area contributed by atoms with Gasteiger partial charge in [0.25, 0.3) is 10.2 Å². The van der Waals surface area contributed by atoms with Crippen LogP contribution in [0.2, 0.25) is 0 Å². The standard InChI is InChI=1S/C10H22N2O3S/c1-9(2)11(3)16(14,15)12(7-8-13)10-5-4-6-10/h9-10,13H,4-8H2,1-3H3. The average molecular weight is 250 g/mol. The fourth-order valence-corrected chi connectivity index (χ4v) is 3.46. The van der Waals surface area contributed by atoms with Crippen LogP contribution in [-0.4, -0.2) is 54.4 Å². The fraction of sp³-hybridized carbons (Fsp3) is 1.00.